The number of aromatic carboxylic acids is 1. The first-order valence-electron chi connectivity index (χ1n) is 10.9. The normalized spacial score (nSPS) is 16.5. The van der Waals surface area contributed by atoms with Crippen molar-refractivity contribution in [3.05, 3.63) is 45.7 Å². The fraction of sp³-hybridized carbons (Fsp3) is 0.542. The van der Waals surface area contributed by atoms with E-state index in [1.54, 1.807) is 11.0 Å². The SMILES string of the molecule is CC.Cc1ccc2c(c1)c(=O)c(C(=O)O)cn2CC1CCCN(C(=O)OC(C)(C)C)C1. The van der Waals surface area contributed by atoms with Gasteiger partial charge in [-0.3, -0.25) is 4.79 Å². The first kappa shape index (κ1) is 24.4. The number of carboxylic acid groups (broad SMARTS) is 1. The first-order valence-corrected chi connectivity index (χ1v) is 10.9. The third-order valence-electron chi connectivity index (χ3n) is 5.09. The Morgan fingerprint density at radius 3 is 2.52 bits per heavy atom. The summed E-state index contributed by atoms with van der Waals surface area (Å²) in [7, 11) is 0. The van der Waals surface area contributed by atoms with E-state index in [9.17, 15) is 19.5 Å². The van der Waals surface area contributed by atoms with Crippen molar-refractivity contribution in [3.63, 3.8) is 0 Å². The number of nitrogens with zero attached hydrogens (tertiary/aromatic N) is 2. The number of carbonyl (C=O) groups is 2. The lowest BCUT2D eigenvalue weighted by atomic mass is 9.97. The summed E-state index contributed by atoms with van der Waals surface area (Å²) in [6.07, 6.45) is 2.87. The molecule has 1 N–H and O–H groups in total. The van der Waals surface area contributed by atoms with Gasteiger partial charge in [0.2, 0.25) is 5.43 Å². The van der Waals surface area contributed by atoms with Gasteiger partial charge in [0.05, 0.1) is 5.52 Å². The Morgan fingerprint density at radius 1 is 1.23 bits per heavy atom. The Labute approximate surface area is 183 Å². The molecule has 2 heterocycles. The van der Waals surface area contributed by atoms with Gasteiger partial charge in [-0.05, 0) is 58.6 Å². The Morgan fingerprint density at radius 2 is 1.90 bits per heavy atom. The summed E-state index contributed by atoms with van der Waals surface area (Å²) in [4.78, 5) is 38.3. The van der Waals surface area contributed by atoms with Crippen molar-refractivity contribution in [2.75, 3.05) is 13.1 Å². The number of carbonyl (C=O) groups excluding carboxylic acids is 1. The molecular weight excluding hydrogens is 396 g/mol. The monoisotopic (exact) mass is 430 g/mol. The smallest absolute Gasteiger partial charge is 0.410 e. The van der Waals surface area contributed by atoms with Gasteiger partial charge in [0.1, 0.15) is 11.2 Å². The van der Waals surface area contributed by atoms with E-state index >= 15 is 0 Å². The van der Waals surface area contributed by atoms with Gasteiger partial charge >= 0.3 is 12.1 Å². The zero-order chi connectivity index (χ0) is 23.3. The van der Waals surface area contributed by atoms with Crippen LogP contribution in [-0.2, 0) is 11.3 Å². The standard InChI is InChI=1S/C22H28N2O5.C2H6/c1-14-7-8-18-16(10-14)19(25)17(20(26)27)13-24(18)12-15-6-5-9-23(11-15)21(28)29-22(2,3)4;1-2/h7-8,10,13,15H,5-6,9,11-12H2,1-4H3,(H,26,27);1-2H3. The van der Waals surface area contributed by atoms with Crippen molar-refractivity contribution >= 4 is 23.0 Å². The van der Waals surface area contributed by atoms with E-state index in [2.05, 4.69) is 0 Å². The second-order valence-corrected chi connectivity index (χ2v) is 8.78. The molecule has 0 bridgehead atoms. The molecule has 1 atom stereocenters. The number of piperidine rings is 1. The van der Waals surface area contributed by atoms with Crippen LogP contribution in [0.5, 0.6) is 0 Å². The molecule has 1 aromatic carbocycles. The molecule has 7 nitrogen and oxygen atoms in total. The van der Waals surface area contributed by atoms with E-state index in [1.807, 2.05) is 58.2 Å². The first-order chi connectivity index (χ1) is 14.5. The zero-order valence-electron chi connectivity index (χ0n) is 19.4. The molecule has 1 aromatic heterocycles. The van der Waals surface area contributed by atoms with Gasteiger partial charge in [0.25, 0.3) is 0 Å². The Hall–Kier alpha value is -2.83. The van der Waals surface area contributed by atoms with E-state index in [0.717, 1.165) is 18.4 Å². The van der Waals surface area contributed by atoms with E-state index in [4.69, 9.17) is 4.74 Å². The van der Waals surface area contributed by atoms with Crippen LogP contribution in [-0.4, -0.2) is 45.3 Å². The highest BCUT2D eigenvalue weighted by Gasteiger charge is 2.28. The minimum absolute atomic E-state index is 0.143. The highest BCUT2D eigenvalue weighted by atomic mass is 16.6. The number of hydrogen-bond acceptors (Lipinski definition) is 4. The number of likely N-dealkylation sites (tertiary alicyclic amines) is 1. The predicted octanol–water partition coefficient (Wildman–Crippen LogP) is 4.68. The van der Waals surface area contributed by atoms with Crippen LogP contribution in [0.2, 0.25) is 0 Å². The van der Waals surface area contributed by atoms with Gasteiger partial charge in [-0.2, -0.15) is 0 Å². The third kappa shape index (κ3) is 6.09. The van der Waals surface area contributed by atoms with Crippen molar-refractivity contribution in [3.8, 4) is 0 Å². The summed E-state index contributed by atoms with van der Waals surface area (Å²) in [6.45, 7) is 13.1. The number of pyridine rings is 1. The number of rotatable bonds is 3. The van der Waals surface area contributed by atoms with Gasteiger partial charge in [-0.1, -0.05) is 25.5 Å². The van der Waals surface area contributed by atoms with Crippen LogP contribution in [0.15, 0.2) is 29.2 Å². The van der Waals surface area contributed by atoms with Crippen LogP contribution in [0.25, 0.3) is 10.9 Å². The molecule has 0 saturated carbocycles. The van der Waals surface area contributed by atoms with E-state index in [0.29, 0.717) is 30.5 Å². The highest BCUT2D eigenvalue weighted by molar-refractivity contribution is 5.92. The second-order valence-electron chi connectivity index (χ2n) is 8.78. The van der Waals surface area contributed by atoms with Crippen LogP contribution in [0.4, 0.5) is 4.79 Å². The molecule has 2 aromatic rings. The maximum absolute atomic E-state index is 12.6. The average Bonchev–Trinajstić information content (AvgIpc) is 2.70. The lowest BCUT2D eigenvalue weighted by Crippen LogP contribution is -2.43. The molecule has 170 valence electrons. The largest absolute Gasteiger partial charge is 0.477 e. The maximum atomic E-state index is 12.6. The molecule has 0 radical (unpaired) electrons. The number of amides is 1. The summed E-state index contributed by atoms with van der Waals surface area (Å²) in [6, 6.07) is 5.49. The quantitative estimate of drug-likeness (QED) is 0.764. The molecule has 7 heteroatoms. The number of carboxylic acids is 1. The van der Waals surface area contributed by atoms with Gasteiger partial charge in [0.15, 0.2) is 0 Å². The molecule has 0 aliphatic carbocycles. The van der Waals surface area contributed by atoms with Gasteiger partial charge < -0.3 is 19.3 Å². The van der Waals surface area contributed by atoms with E-state index < -0.39 is 17.0 Å². The average molecular weight is 431 g/mol. The predicted molar refractivity (Wildman–Crippen MR) is 122 cm³/mol. The van der Waals surface area contributed by atoms with Crippen molar-refractivity contribution in [1.29, 1.82) is 0 Å². The fourth-order valence-corrected chi connectivity index (χ4v) is 3.80. The third-order valence-corrected chi connectivity index (χ3v) is 5.09. The second kappa shape index (κ2) is 9.98. The van der Waals surface area contributed by atoms with E-state index in [-0.39, 0.29) is 17.6 Å². The van der Waals surface area contributed by atoms with Crippen molar-refractivity contribution in [2.45, 2.75) is 66.5 Å². The summed E-state index contributed by atoms with van der Waals surface area (Å²) in [5, 5.41) is 9.87. The highest BCUT2D eigenvalue weighted by Crippen LogP contribution is 2.23. The Balaban J connectivity index is 0.00000166. The molecule has 1 unspecified atom stereocenters. The minimum atomic E-state index is -1.23. The van der Waals surface area contributed by atoms with Crippen LogP contribution in [0.3, 0.4) is 0 Å². The van der Waals surface area contributed by atoms with Crippen LogP contribution in [0, 0.1) is 12.8 Å². The Bertz CT molecular complexity index is 1000. The van der Waals surface area contributed by atoms with Crippen molar-refractivity contribution < 1.29 is 19.4 Å². The molecule has 1 saturated heterocycles. The number of fused-ring (bicyclic) bond motifs is 1. The van der Waals surface area contributed by atoms with E-state index in [1.165, 1.54) is 6.20 Å². The molecule has 1 amide bonds. The number of ether oxygens (including phenoxy) is 1. The fourth-order valence-electron chi connectivity index (χ4n) is 3.80. The topological polar surface area (TPSA) is 88.8 Å². The molecule has 1 fully saturated rings. The summed E-state index contributed by atoms with van der Waals surface area (Å²) < 4.78 is 7.32. The molecular formula is C24H34N2O5. The zero-order valence-corrected chi connectivity index (χ0v) is 19.4. The lowest BCUT2D eigenvalue weighted by molar-refractivity contribution is 0.0157. The van der Waals surface area contributed by atoms with Crippen LogP contribution >= 0.6 is 0 Å². The van der Waals surface area contributed by atoms with Gasteiger partial charge in [0, 0.05) is 31.2 Å². The van der Waals surface area contributed by atoms with Gasteiger partial charge in [-0.25, -0.2) is 9.59 Å². The summed E-state index contributed by atoms with van der Waals surface area (Å²) in [5.41, 5.74) is 0.361. The van der Waals surface area contributed by atoms with Crippen molar-refractivity contribution in [1.82, 2.24) is 9.47 Å². The number of hydrogen-bond donors (Lipinski definition) is 1. The van der Waals surface area contributed by atoms with Crippen LogP contribution in [0.1, 0.15) is 63.4 Å². The summed E-state index contributed by atoms with van der Waals surface area (Å²) >= 11 is 0. The lowest BCUT2D eigenvalue weighted by Gasteiger charge is -2.34. The Kier molecular flexibility index (Phi) is 7.87. The molecule has 0 spiro atoms. The number of benzene rings is 1. The minimum Gasteiger partial charge on any atom is -0.477 e. The molecule has 1 aliphatic heterocycles. The van der Waals surface area contributed by atoms with Crippen LogP contribution < -0.4 is 5.43 Å². The molecule has 1 aliphatic rings. The molecule has 31 heavy (non-hydrogen) atoms. The molecule has 3 rings (SSSR count). The van der Waals surface area contributed by atoms with Gasteiger partial charge in [-0.15, -0.1) is 0 Å². The maximum Gasteiger partial charge on any atom is 0.410 e. The van der Waals surface area contributed by atoms with Crippen molar-refractivity contribution in [2.24, 2.45) is 5.92 Å². The number of aryl methyl sites for hydroxylation is 1. The summed E-state index contributed by atoms with van der Waals surface area (Å²) in [5.74, 6) is -1.09. The number of aromatic nitrogens is 1.